The number of hydrogen-bond acceptors (Lipinski definition) is 3. The molecule has 0 unspecified atom stereocenters. The summed E-state index contributed by atoms with van der Waals surface area (Å²) in [7, 11) is 0. The molecule has 0 aliphatic rings. The molecule has 0 aromatic heterocycles. The van der Waals surface area contributed by atoms with Crippen LogP contribution in [0, 0.1) is 15.9 Å². The minimum atomic E-state index is -0.518. The zero-order valence-electron chi connectivity index (χ0n) is 9.06. The molecule has 0 spiro atoms. The molecule has 0 atom stereocenters. The summed E-state index contributed by atoms with van der Waals surface area (Å²) < 4.78 is 14.1. The van der Waals surface area contributed by atoms with E-state index < -0.39 is 10.7 Å². The molecule has 6 heteroatoms. The number of nitrogens with zero attached hydrogens (tertiary/aromatic N) is 1. The Bertz CT molecular complexity index is 604. The zero-order chi connectivity index (χ0) is 13.1. The SMILES string of the molecule is O=[N+]([O-])c1ccc(Br)cc1Nc1ccccc1F. The van der Waals surface area contributed by atoms with E-state index in [4.69, 9.17) is 0 Å². The third-order valence-electron chi connectivity index (χ3n) is 2.30. The van der Waals surface area contributed by atoms with E-state index in [2.05, 4.69) is 21.2 Å². The van der Waals surface area contributed by atoms with Crippen molar-refractivity contribution in [2.45, 2.75) is 0 Å². The Morgan fingerprint density at radius 3 is 2.56 bits per heavy atom. The lowest BCUT2D eigenvalue weighted by molar-refractivity contribution is -0.383. The van der Waals surface area contributed by atoms with Gasteiger partial charge in [-0.05, 0) is 24.3 Å². The second kappa shape index (κ2) is 5.14. The summed E-state index contributed by atoms with van der Waals surface area (Å²) in [4.78, 5) is 10.3. The van der Waals surface area contributed by atoms with Gasteiger partial charge in [-0.25, -0.2) is 4.39 Å². The molecule has 18 heavy (non-hydrogen) atoms. The first-order valence-corrected chi connectivity index (χ1v) is 5.83. The predicted octanol–water partition coefficient (Wildman–Crippen LogP) is 4.24. The van der Waals surface area contributed by atoms with Crippen molar-refractivity contribution in [3.63, 3.8) is 0 Å². The van der Waals surface area contributed by atoms with Crippen LogP contribution in [0.4, 0.5) is 21.5 Å². The summed E-state index contributed by atoms with van der Waals surface area (Å²) in [6.45, 7) is 0. The van der Waals surface area contributed by atoms with Crippen LogP contribution in [0.5, 0.6) is 0 Å². The second-order valence-electron chi connectivity index (χ2n) is 3.52. The van der Waals surface area contributed by atoms with Crippen molar-refractivity contribution in [1.29, 1.82) is 0 Å². The highest BCUT2D eigenvalue weighted by Crippen LogP contribution is 2.31. The molecule has 0 aliphatic carbocycles. The van der Waals surface area contributed by atoms with Gasteiger partial charge in [0.15, 0.2) is 0 Å². The van der Waals surface area contributed by atoms with Crippen molar-refractivity contribution in [3.05, 3.63) is 62.9 Å². The van der Waals surface area contributed by atoms with Crippen molar-refractivity contribution in [2.75, 3.05) is 5.32 Å². The average molecular weight is 311 g/mol. The van der Waals surface area contributed by atoms with Gasteiger partial charge in [0.1, 0.15) is 11.5 Å². The van der Waals surface area contributed by atoms with Crippen molar-refractivity contribution in [2.24, 2.45) is 0 Å². The lowest BCUT2D eigenvalue weighted by Crippen LogP contribution is -1.98. The predicted molar refractivity (Wildman–Crippen MR) is 70.5 cm³/mol. The number of halogens is 2. The Hall–Kier alpha value is -1.95. The first kappa shape index (κ1) is 12.5. The Morgan fingerprint density at radius 1 is 1.17 bits per heavy atom. The maximum absolute atomic E-state index is 13.5. The Balaban J connectivity index is 2.42. The van der Waals surface area contributed by atoms with Gasteiger partial charge < -0.3 is 5.32 Å². The molecule has 2 aromatic carbocycles. The van der Waals surface area contributed by atoms with Crippen LogP contribution in [0.15, 0.2) is 46.9 Å². The Kier molecular flexibility index (Phi) is 3.57. The smallest absolute Gasteiger partial charge is 0.292 e. The van der Waals surface area contributed by atoms with Crippen LogP contribution in [0.3, 0.4) is 0 Å². The monoisotopic (exact) mass is 310 g/mol. The van der Waals surface area contributed by atoms with Crippen LogP contribution in [-0.4, -0.2) is 4.92 Å². The molecule has 0 heterocycles. The molecule has 0 bridgehead atoms. The van der Waals surface area contributed by atoms with Crippen molar-refractivity contribution < 1.29 is 9.31 Å². The van der Waals surface area contributed by atoms with Crippen LogP contribution in [0.1, 0.15) is 0 Å². The van der Waals surface area contributed by atoms with Gasteiger partial charge in [-0.15, -0.1) is 0 Å². The number of hydrogen-bond donors (Lipinski definition) is 1. The summed E-state index contributed by atoms with van der Waals surface area (Å²) >= 11 is 3.22. The lowest BCUT2D eigenvalue weighted by atomic mass is 10.2. The average Bonchev–Trinajstić information content (AvgIpc) is 2.32. The molecule has 0 fully saturated rings. The van der Waals surface area contributed by atoms with Gasteiger partial charge in [0.05, 0.1) is 10.6 Å². The number of benzene rings is 2. The largest absolute Gasteiger partial charge is 0.347 e. The Labute approximate surface area is 111 Å². The highest BCUT2D eigenvalue weighted by Gasteiger charge is 2.14. The van der Waals surface area contributed by atoms with Crippen LogP contribution in [0.2, 0.25) is 0 Å². The Morgan fingerprint density at radius 2 is 1.89 bits per heavy atom. The van der Waals surface area contributed by atoms with E-state index in [9.17, 15) is 14.5 Å². The third-order valence-corrected chi connectivity index (χ3v) is 2.79. The highest BCUT2D eigenvalue weighted by atomic mass is 79.9. The van der Waals surface area contributed by atoms with Crippen molar-refractivity contribution in [3.8, 4) is 0 Å². The number of rotatable bonds is 3. The van der Waals surface area contributed by atoms with Crippen LogP contribution in [0.25, 0.3) is 0 Å². The number of nitrogens with one attached hydrogen (secondary N) is 1. The molecule has 92 valence electrons. The van der Waals surface area contributed by atoms with E-state index in [0.29, 0.717) is 4.47 Å². The topological polar surface area (TPSA) is 55.2 Å². The van der Waals surface area contributed by atoms with Gasteiger partial charge in [0.2, 0.25) is 0 Å². The van der Waals surface area contributed by atoms with E-state index >= 15 is 0 Å². The van der Waals surface area contributed by atoms with E-state index in [1.54, 1.807) is 18.2 Å². The molecule has 0 saturated heterocycles. The molecule has 0 amide bonds. The summed E-state index contributed by atoms with van der Waals surface area (Å²) in [5, 5.41) is 13.6. The third kappa shape index (κ3) is 2.65. The summed E-state index contributed by atoms with van der Waals surface area (Å²) in [6.07, 6.45) is 0. The first-order valence-electron chi connectivity index (χ1n) is 5.03. The van der Waals surface area contributed by atoms with Gasteiger partial charge in [0, 0.05) is 10.5 Å². The molecule has 4 nitrogen and oxygen atoms in total. The summed E-state index contributed by atoms with van der Waals surface area (Å²) in [5.41, 5.74) is 0.319. The normalized spacial score (nSPS) is 10.1. The number of nitro benzene ring substituents is 1. The van der Waals surface area contributed by atoms with Crippen molar-refractivity contribution in [1.82, 2.24) is 0 Å². The fourth-order valence-electron chi connectivity index (χ4n) is 1.48. The number of para-hydroxylation sites is 1. The highest BCUT2D eigenvalue weighted by molar-refractivity contribution is 9.10. The van der Waals surface area contributed by atoms with Crippen LogP contribution in [-0.2, 0) is 0 Å². The van der Waals surface area contributed by atoms with Gasteiger partial charge in [-0.3, -0.25) is 10.1 Å². The zero-order valence-corrected chi connectivity index (χ0v) is 10.6. The van der Waals surface area contributed by atoms with E-state index in [1.807, 2.05) is 0 Å². The first-order chi connectivity index (χ1) is 8.58. The molecule has 1 N–H and O–H groups in total. The fraction of sp³-hybridized carbons (Fsp3) is 0. The lowest BCUT2D eigenvalue weighted by Gasteiger charge is -2.08. The minimum Gasteiger partial charge on any atom is -0.347 e. The maximum atomic E-state index is 13.5. The van der Waals surface area contributed by atoms with Gasteiger partial charge in [0.25, 0.3) is 5.69 Å². The van der Waals surface area contributed by atoms with Gasteiger partial charge in [-0.2, -0.15) is 0 Å². The molecule has 2 rings (SSSR count). The molecular formula is C12H8BrFN2O2. The fourth-order valence-corrected chi connectivity index (χ4v) is 1.84. The van der Waals surface area contributed by atoms with E-state index in [-0.39, 0.29) is 17.1 Å². The standard InChI is InChI=1S/C12H8BrFN2O2/c13-8-5-6-12(16(17)18)11(7-8)15-10-4-2-1-3-9(10)14/h1-7,15H. The summed E-state index contributed by atoms with van der Waals surface area (Å²) in [6, 6.07) is 10.4. The molecule has 0 aliphatic heterocycles. The quantitative estimate of drug-likeness (QED) is 0.681. The number of anilines is 2. The summed E-state index contributed by atoms with van der Waals surface area (Å²) in [5.74, 6) is -0.466. The molecule has 0 radical (unpaired) electrons. The van der Waals surface area contributed by atoms with E-state index in [0.717, 1.165) is 0 Å². The maximum Gasteiger partial charge on any atom is 0.292 e. The second-order valence-corrected chi connectivity index (χ2v) is 4.44. The molecule has 0 saturated carbocycles. The molecular weight excluding hydrogens is 303 g/mol. The van der Waals surface area contributed by atoms with Crippen LogP contribution >= 0.6 is 15.9 Å². The number of nitro groups is 1. The molecule has 2 aromatic rings. The van der Waals surface area contributed by atoms with E-state index in [1.165, 1.54) is 24.3 Å². The van der Waals surface area contributed by atoms with Gasteiger partial charge in [-0.1, -0.05) is 28.1 Å². The van der Waals surface area contributed by atoms with Crippen LogP contribution < -0.4 is 5.32 Å². The minimum absolute atomic E-state index is 0.110. The van der Waals surface area contributed by atoms with Crippen molar-refractivity contribution >= 4 is 33.0 Å². The van der Waals surface area contributed by atoms with Gasteiger partial charge >= 0.3 is 0 Å².